The number of hydrogen-bond acceptors (Lipinski definition) is 5. The molecule has 0 aromatic heterocycles. The van der Waals surface area contributed by atoms with Crippen molar-refractivity contribution in [1.82, 2.24) is 4.31 Å². The lowest BCUT2D eigenvalue weighted by Gasteiger charge is -2.35. The Labute approximate surface area is 147 Å². The Hall–Kier alpha value is -1.96. The van der Waals surface area contributed by atoms with E-state index in [0.717, 1.165) is 10.8 Å². The number of nitrogens with zero attached hydrogens (tertiary/aromatic N) is 1. The van der Waals surface area contributed by atoms with Crippen molar-refractivity contribution in [3.63, 3.8) is 0 Å². The van der Waals surface area contributed by atoms with E-state index in [9.17, 15) is 18.3 Å². The zero-order valence-electron chi connectivity index (χ0n) is 14.0. The second kappa shape index (κ2) is 7.11. The molecule has 1 aliphatic heterocycles. The average Bonchev–Trinajstić information content (AvgIpc) is 2.66. The normalized spacial score (nSPS) is 22.0. The van der Waals surface area contributed by atoms with Crippen molar-refractivity contribution in [2.24, 2.45) is 11.8 Å². The first-order chi connectivity index (χ1) is 12.0. The molecule has 134 valence electrons. The molecule has 0 spiro atoms. The Morgan fingerprint density at radius 1 is 1.20 bits per heavy atom. The molecule has 2 atom stereocenters. The van der Waals surface area contributed by atoms with Crippen molar-refractivity contribution in [3.05, 3.63) is 42.5 Å². The first-order valence-corrected chi connectivity index (χ1v) is 9.57. The van der Waals surface area contributed by atoms with Gasteiger partial charge in [0.05, 0.1) is 17.9 Å². The Morgan fingerprint density at radius 3 is 2.60 bits per heavy atom. The lowest BCUT2D eigenvalue weighted by atomic mass is 9.91. The lowest BCUT2D eigenvalue weighted by Crippen LogP contribution is -2.47. The molecule has 1 heterocycles. The van der Waals surface area contributed by atoms with Crippen LogP contribution in [0.3, 0.4) is 0 Å². The quantitative estimate of drug-likeness (QED) is 0.835. The predicted octanol–water partition coefficient (Wildman–Crippen LogP) is 1.63. The fourth-order valence-electron chi connectivity index (χ4n) is 3.30. The van der Waals surface area contributed by atoms with E-state index >= 15 is 0 Å². The Bertz CT molecular complexity index is 880. The molecular formula is C18H21NO5S. The number of esters is 1. The molecule has 2 aromatic carbocycles. The van der Waals surface area contributed by atoms with Gasteiger partial charge in [-0.1, -0.05) is 30.3 Å². The number of ether oxygens (including phenoxy) is 1. The summed E-state index contributed by atoms with van der Waals surface area (Å²) in [7, 11) is -2.47. The van der Waals surface area contributed by atoms with Crippen LogP contribution in [-0.4, -0.2) is 50.6 Å². The van der Waals surface area contributed by atoms with Crippen LogP contribution < -0.4 is 0 Å². The first-order valence-electron chi connectivity index (χ1n) is 8.13. The number of carbonyl (C=O) groups excluding carboxylic acids is 1. The van der Waals surface area contributed by atoms with Crippen molar-refractivity contribution in [2.75, 3.05) is 26.8 Å². The minimum atomic E-state index is -3.76. The van der Waals surface area contributed by atoms with Gasteiger partial charge >= 0.3 is 5.97 Å². The summed E-state index contributed by atoms with van der Waals surface area (Å²) in [6.45, 7) is 0.0920. The van der Waals surface area contributed by atoms with E-state index in [1.165, 1.54) is 11.4 Å². The summed E-state index contributed by atoms with van der Waals surface area (Å²) in [6, 6.07) is 12.5. The van der Waals surface area contributed by atoms with Gasteiger partial charge in [0, 0.05) is 19.7 Å². The fourth-order valence-corrected chi connectivity index (χ4v) is 4.90. The van der Waals surface area contributed by atoms with Crippen LogP contribution in [0, 0.1) is 11.8 Å². The molecule has 7 heteroatoms. The second-order valence-electron chi connectivity index (χ2n) is 6.34. The highest BCUT2D eigenvalue weighted by atomic mass is 32.2. The van der Waals surface area contributed by atoms with E-state index < -0.39 is 21.9 Å². The van der Waals surface area contributed by atoms with E-state index in [1.54, 1.807) is 18.2 Å². The van der Waals surface area contributed by atoms with E-state index in [0.29, 0.717) is 6.42 Å². The average molecular weight is 363 g/mol. The van der Waals surface area contributed by atoms with Crippen molar-refractivity contribution in [1.29, 1.82) is 0 Å². The van der Waals surface area contributed by atoms with Crippen molar-refractivity contribution < 1.29 is 23.1 Å². The molecule has 1 saturated heterocycles. The van der Waals surface area contributed by atoms with Gasteiger partial charge in [0.1, 0.15) is 0 Å². The summed E-state index contributed by atoms with van der Waals surface area (Å²) in [5.41, 5.74) is 0. The maximum atomic E-state index is 13.0. The van der Waals surface area contributed by atoms with Gasteiger partial charge in [-0.2, -0.15) is 4.31 Å². The Morgan fingerprint density at radius 2 is 1.92 bits per heavy atom. The smallest absolute Gasteiger partial charge is 0.310 e. The minimum absolute atomic E-state index is 0.0678. The molecular weight excluding hydrogens is 342 g/mol. The summed E-state index contributed by atoms with van der Waals surface area (Å²) in [5.74, 6) is -1.30. The van der Waals surface area contributed by atoms with Crippen molar-refractivity contribution >= 4 is 26.8 Å². The van der Waals surface area contributed by atoms with Gasteiger partial charge in [-0.25, -0.2) is 8.42 Å². The second-order valence-corrected chi connectivity index (χ2v) is 8.27. The maximum Gasteiger partial charge on any atom is 0.310 e. The van der Waals surface area contributed by atoms with Gasteiger partial charge in [0.15, 0.2) is 0 Å². The number of hydrogen-bond donors (Lipinski definition) is 1. The van der Waals surface area contributed by atoms with Crippen LogP contribution in [-0.2, 0) is 19.6 Å². The van der Waals surface area contributed by atoms with Crippen LogP contribution in [0.2, 0.25) is 0 Å². The third kappa shape index (κ3) is 3.53. The van der Waals surface area contributed by atoms with Gasteiger partial charge in [-0.05, 0) is 35.2 Å². The van der Waals surface area contributed by atoms with Crippen LogP contribution in [0.4, 0.5) is 0 Å². The standard InChI is InChI=1S/C18H21NO5S/c1-24-18(21)16-8-13(12-20)10-19(11-16)25(22,23)17-7-6-14-4-2-3-5-15(14)9-17/h2-7,9,13,16,20H,8,10-12H2,1H3/t13-,16-/m0/s1. The van der Waals surface area contributed by atoms with Crippen LogP contribution >= 0.6 is 0 Å². The number of aliphatic hydroxyl groups excluding tert-OH is 1. The summed E-state index contributed by atoms with van der Waals surface area (Å²) >= 11 is 0. The molecule has 0 saturated carbocycles. The van der Waals surface area contributed by atoms with Gasteiger partial charge in [0.25, 0.3) is 0 Å². The molecule has 3 rings (SSSR count). The fraction of sp³-hybridized carbons (Fsp3) is 0.389. The van der Waals surface area contributed by atoms with Gasteiger partial charge in [-0.15, -0.1) is 0 Å². The Kier molecular flexibility index (Phi) is 5.08. The zero-order chi connectivity index (χ0) is 18.0. The van der Waals surface area contributed by atoms with Gasteiger partial charge < -0.3 is 9.84 Å². The van der Waals surface area contributed by atoms with Crippen LogP contribution in [0.5, 0.6) is 0 Å². The maximum absolute atomic E-state index is 13.0. The molecule has 0 radical (unpaired) electrons. The highest BCUT2D eigenvalue weighted by Gasteiger charge is 2.38. The molecule has 0 bridgehead atoms. The topological polar surface area (TPSA) is 83.9 Å². The highest BCUT2D eigenvalue weighted by Crippen LogP contribution is 2.29. The number of aliphatic hydroxyl groups is 1. The number of sulfonamides is 1. The summed E-state index contributed by atoms with van der Waals surface area (Å²) < 4.78 is 32.1. The predicted molar refractivity (Wildman–Crippen MR) is 93.4 cm³/mol. The number of methoxy groups -OCH3 is 1. The van der Waals surface area contributed by atoms with Crippen LogP contribution in [0.25, 0.3) is 10.8 Å². The summed E-state index contributed by atoms with van der Waals surface area (Å²) in [6.07, 6.45) is 0.424. The number of piperidine rings is 1. The van der Waals surface area contributed by atoms with E-state index in [-0.39, 0.29) is 30.5 Å². The molecule has 0 aliphatic carbocycles. The molecule has 1 N–H and O–H groups in total. The molecule has 0 amide bonds. The van der Waals surface area contributed by atoms with Crippen molar-refractivity contribution in [3.8, 4) is 0 Å². The van der Waals surface area contributed by atoms with Crippen molar-refractivity contribution in [2.45, 2.75) is 11.3 Å². The minimum Gasteiger partial charge on any atom is -0.469 e. The molecule has 6 nitrogen and oxygen atoms in total. The third-order valence-electron chi connectivity index (χ3n) is 4.66. The Balaban J connectivity index is 1.94. The molecule has 1 fully saturated rings. The lowest BCUT2D eigenvalue weighted by molar-refractivity contribution is -0.147. The highest BCUT2D eigenvalue weighted by molar-refractivity contribution is 7.89. The molecule has 2 aromatic rings. The molecule has 1 aliphatic rings. The zero-order valence-corrected chi connectivity index (χ0v) is 14.8. The summed E-state index contributed by atoms with van der Waals surface area (Å²) in [5, 5.41) is 11.3. The monoisotopic (exact) mass is 363 g/mol. The van der Waals surface area contributed by atoms with E-state index in [4.69, 9.17) is 4.74 Å². The van der Waals surface area contributed by atoms with E-state index in [2.05, 4.69) is 0 Å². The number of carbonyl (C=O) groups is 1. The molecule has 25 heavy (non-hydrogen) atoms. The molecule has 0 unspecified atom stereocenters. The van der Waals surface area contributed by atoms with Gasteiger partial charge in [-0.3, -0.25) is 4.79 Å². The SMILES string of the molecule is COC(=O)[C@H]1C[C@H](CO)CN(S(=O)(=O)c2ccc3ccccc3c2)C1. The van der Waals surface area contributed by atoms with Gasteiger partial charge in [0.2, 0.25) is 10.0 Å². The van der Waals surface area contributed by atoms with Crippen LogP contribution in [0.1, 0.15) is 6.42 Å². The third-order valence-corrected chi connectivity index (χ3v) is 6.48. The largest absolute Gasteiger partial charge is 0.469 e. The summed E-state index contributed by atoms with van der Waals surface area (Å²) in [4.78, 5) is 12.1. The number of rotatable bonds is 4. The van der Waals surface area contributed by atoms with E-state index in [1.807, 2.05) is 24.3 Å². The first kappa shape index (κ1) is 17.8. The number of fused-ring (bicyclic) bond motifs is 1. The number of benzene rings is 2. The van der Waals surface area contributed by atoms with Crippen LogP contribution in [0.15, 0.2) is 47.4 Å².